The second-order valence-corrected chi connectivity index (χ2v) is 6.46. The SMILES string of the molecule is COC(=O)CCCCCCNC(=O)CSc1nnnn1C1CC1. The van der Waals surface area contributed by atoms with Crippen LogP contribution in [0, 0.1) is 0 Å². The fraction of sp³-hybridized carbons (Fsp3) is 0.786. The molecule has 1 aromatic heterocycles. The lowest BCUT2D eigenvalue weighted by Crippen LogP contribution is -2.26. The molecule has 0 aliphatic heterocycles. The second-order valence-electron chi connectivity index (χ2n) is 5.52. The number of esters is 1. The molecule has 1 aliphatic rings. The number of nitrogens with zero attached hydrogens (tertiary/aromatic N) is 4. The molecular formula is C14H23N5O3S. The molecule has 23 heavy (non-hydrogen) atoms. The van der Waals surface area contributed by atoms with E-state index in [1.165, 1.54) is 18.9 Å². The van der Waals surface area contributed by atoms with Crippen LogP contribution in [0.3, 0.4) is 0 Å². The summed E-state index contributed by atoms with van der Waals surface area (Å²) in [5, 5.41) is 15.2. The maximum Gasteiger partial charge on any atom is 0.305 e. The minimum atomic E-state index is -0.163. The van der Waals surface area contributed by atoms with Crippen LogP contribution in [0.15, 0.2) is 5.16 Å². The van der Waals surface area contributed by atoms with Gasteiger partial charge in [-0.1, -0.05) is 24.6 Å². The Morgan fingerprint density at radius 2 is 2.09 bits per heavy atom. The van der Waals surface area contributed by atoms with E-state index in [4.69, 9.17) is 0 Å². The average molecular weight is 341 g/mol. The minimum absolute atomic E-state index is 0.00472. The highest BCUT2D eigenvalue weighted by Gasteiger charge is 2.28. The molecule has 1 aromatic rings. The van der Waals surface area contributed by atoms with Crippen molar-refractivity contribution in [1.29, 1.82) is 0 Å². The predicted molar refractivity (Wildman–Crippen MR) is 84.9 cm³/mol. The predicted octanol–water partition coefficient (Wildman–Crippen LogP) is 1.34. The summed E-state index contributed by atoms with van der Waals surface area (Å²) in [5.41, 5.74) is 0. The largest absolute Gasteiger partial charge is 0.469 e. The zero-order valence-electron chi connectivity index (χ0n) is 13.4. The molecule has 1 aliphatic carbocycles. The van der Waals surface area contributed by atoms with Gasteiger partial charge in [-0.3, -0.25) is 9.59 Å². The van der Waals surface area contributed by atoms with E-state index in [0.717, 1.165) is 38.5 Å². The van der Waals surface area contributed by atoms with E-state index in [-0.39, 0.29) is 11.9 Å². The molecule has 0 spiro atoms. The summed E-state index contributed by atoms with van der Waals surface area (Å²) in [6.07, 6.45) is 6.40. The van der Waals surface area contributed by atoms with Crippen LogP contribution in [0.2, 0.25) is 0 Å². The molecule has 128 valence electrons. The Kier molecular flexibility index (Phi) is 7.31. The molecule has 0 saturated heterocycles. The molecule has 1 N–H and O–H groups in total. The fourth-order valence-corrected chi connectivity index (χ4v) is 2.86. The van der Waals surface area contributed by atoms with Crippen LogP contribution in [-0.2, 0) is 14.3 Å². The smallest absolute Gasteiger partial charge is 0.305 e. The number of aromatic nitrogens is 4. The number of tetrazole rings is 1. The highest BCUT2D eigenvalue weighted by Crippen LogP contribution is 2.36. The molecule has 8 nitrogen and oxygen atoms in total. The number of methoxy groups -OCH3 is 1. The van der Waals surface area contributed by atoms with Crippen molar-refractivity contribution in [3.63, 3.8) is 0 Å². The Labute approximate surface area is 139 Å². The third kappa shape index (κ3) is 6.55. The van der Waals surface area contributed by atoms with Gasteiger partial charge in [0.2, 0.25) is 11.1 Å². The number of nitrogens with one attached hydrogen (secondary N) is 1. The van der Waals surface area contributed by atoms with Gasteiger partial charge in [0, 0.05) is 13.0 Å². The minimum Gasteiger partial charge on any atom is -0.469 e. The fourth-order valence-electron chi connectivity index (χ4n) is 2.09. The lowest BCUT2D eigenvalue weighted by Gasteiger charge is -2.05. The van der Waals surface area contributed by atoms with Crippen LogP contribution in [0.1, 0.15) is 51.0 Å². The second kappa shape index (κ2) is 9.49. The number of unbranched alkanes of at least 4 members (excludes halogenated alkanes) is 3. The first kappa shape index (κ1) is 17.7. The maximum atomic E-state index is 11.8. The Balaban J connectivity index is 1.49. The quantitative estimate of drug-likeness (QED) is 0.368. The van der Waals surface area contributed by atoms with Crippen molar-refractivity contribution in [3.8, 4) is 0 Å². The van der Waals surface area contributed by atoms with Gasteiger partial charge in [0.1, 0.15) is 0 Å². The number of amides is 1. The van der Waals surface area contributed by atoms with Gasteiger partial charge in [-0.05, 0) is 36.1 Å². The van der Waals surface area contributed by atoms with Crippen LogP contribution in [-0.4, -0.2) is 51.5 Å². The number of carbonyl (C=O) groups is 2. The van der Waals surface area contributed by atoms with Gasteiger partial charge < -0.3 is 10.1 Å². The van der Waals surface area contributed by atoms with Crippen molar-refractivity contribution < 1.29 is 14.3 Å². The molecule has 1 heterocycles. The van der Waals surface area contributed by atoms with Crippen LogP contribution in [0.4, 0.5) is 0 Å². The molecule has 0 radical (unpaired) electrons. The Hall–Kier alpha value is -1.64. The van der Waals surface area contributed by atoms with E-state index in [9.17, 15) is 9.59 Å². The number of hydrogen-bond donors (Lipinski definition) is 1. The van der Waals surface area contributed by atoms with Gasteiger partial charge in [-0.25, -0.2) is 4.68 Å². The van der Waals surface area contributed by atoms with E-state index in [1.807, 2.05) is 0 Å². The van der Waals surface area contributed by atoms with Gasteiger partial charge in [0.05, 0.1) is 18.9 Å². The zero-order chi connectivity index (χ0) is 16.5. The normalized spacial score (nSPS) is 13.8. The van der Waals surface area contributed by atoms with Crippen molar-refractivity contribution in [2.24, 2.45) is 0 Å². The first-order valence-corrected chi connectivity index (χ1v) is 8.93. The summed E-state index contributed by atoms with van der Waals surface area (Å²) in [4.78, 5) is 22.7. The zero-order valence-corrected chi connectivity index (χ0v) is 14.2. The standard InChI is InChI=1S/C14H23N5O3S/c1-22-13(21)6-4-2-3-5-9-15-12(20)10-23-14-16-17-18-19(14)11-7-8-11/h11H,2-10H2,1H3,(H,15,20). The van der Waals surface area contributed by atoms with E-state index in [2.05, 4.69) is 25.6 Å². The molecule has 0 atom stereocenters. The van der Waals surface area contributed by atoms with Gasteiger partial charge in [0.15, 0.2) is 0 Å². The molecule has 2 rings (SSSR count). The number of hydrogen-bond acceptors (Lipinski definition) is 7. The Bertz CT molecular complexity index is 518. The van der Waals surface area contributed by atoms with Gasteiger partial charge in [-0.15, -0.1) is 5.10 Å². The van der Waals surface area contributed by atoms with Gasteiger partial charge in [-0.2, -0.15) is 0 Å². The monoisotopic (exact) mass is 341 g/mol. The van der Waals surface area contributed by atoms with Crippen molar-refractivity contribution >= 4 is 23.6 Å². The Morgan fingerprint density at radius 1 is 1.30 bits per heavy atom. The molecular weight excluding hydrogens is 318 g/mol. The highest BCUT2D eigenvalue weighted by atomic mass is 32.2. The molecule has 0 unspecified atom stereocenters. The van der Waals surface area contributed by atoms with Crippen LogP contribution < -0.4 is 5.32 Å². The maximum absolute atomic E-state index is 11.8. The number of carbonyl (C=O) groups excluding carboxylic acids is 2. The first-order valence-electron chi connectivity index (χ1n) is 7.95. The molecule has 1 amide bonds. The summed E-state index contributed by atoms with van der Waals surface area (Å²) in [5.74, 6) is 0.161. The van der Waals surface area contributed by atoms with Crippen LogP contribution in [0.25, 0.3) is 0 Å². The van der Waals surface area contributed by atoms with Crippen molar-refractivity contribution in [3.05, 3.63) is 0 Å². The van der Waals surface area contributed by atoms with Crippen molar-refractivity contribution in [1.82, 2.24) is 25.5 Å². The molecule has 0 bridgehead atoms. The topological polar surface area (TPSA) is 99.0 Å². The Morgan fingerprint density at radius 3 is 2.83 bits per heavy atom. The summed E-state index contributed by atoms with van der Waals surface area (Å²) in [7, 11) is 1.40. The third-order valence-corrected chi connectivity index (χ3v) is 4.48. The summed E-state index contributed by atoms with van der Waals surface area (Å²) in [6, 6.07) is 0.417. The van der Waals surface area contributed by atoms with Crippen molar-refractivity contribution in [2.75, 3.05) is 19.4 Å². The van der Waals surface area contributed by atoms with Crippen LogP contribution >= 0.6 is 11.8 Å². The first-order chi connectivity index (χ1) is 11.2. The molecule has 1 saturated carbocycles. The van der Waals surface area contributed by atoms with E-state index in [0.29, 0.717) is 29.9 Å². The molecule has 0 aromatic carbocycles. The summed E-state index contributed by atoms with van der Waals surface area (Å²) < 4.78 is 6.38. The highest BCUT2D eigenvalue weighted by molar-refractivity contribution is 7.99. The van der Waals surface area contributed by atoms with Crippen molar-refractivity contribution in [2.45, 2.75) is 56.1 Å². The van der Waals surface area contributed by atoms with E-state index in [1.54, 1.807) is 4.68 Å². The number of rotatable bonds is 11. The van der Waals surface area contributed by atoms with Gasteiger partial charge >= 0.3 is 5.97 Å². The van der Waals surface area contributed by atoms with E-state index >= 15 is 0 Å². The molecule has 9 heteroatoms. The molecule has 1 fully saturated rings. The number of thioether (sulfide) groups is 1. The lowest BCUT2D eigenvalue weighted by molar-refractivity contribution is -0.140. The number of ether oxygens (including phenoxy) is 1. The lowest BCUT2D eigenvalue weighted by atomic mass is 10.1. The van der Waals surface area contributed by atoms with Crippen LogP contribution in [0.5, 0.6) is 0 Å². The summed E-state index contributed by atoms with van der Waals surface area (Å²) >= 11 is 1.37. The summed E-state index contributed by atoms with van der Waals surface area (Å²) in [6.45, 7) is 0.658. The van der Waals surface area contributed by atoms with Gasteiger partial charge in [0.25, 0.3) is 0 Å². The van der Waals surface area contributed by atoms with E-state index < -0.39 is 0 Å². The average Bonchev–Trinajstić information content (AvgIpc) is 3.29. The third-order valence-electron chi connectivity index (χ3n) is 3.55.